The van der Waals surface area contributed by atoms with Gasteiger partial charge in [-0.15, -0.1) is 0 Å². The number of rotatable bonds is 0. The standard InChI is InChI=1S/C50H40B2O2/c1-25-17-29-27-21-33(49(3,4)5)31-24-38-44-28(30-18-26(2)20-42-48(30)52(38)36-14-10-12-16-40(36)54-42)22-34(50(6,7)8)32-23-37(43(27)45(31)46(32)44)51-35-13-9-11-15-39(35)53-41(19-25)47(29)51/h9-24H,1-8H3. The Morgan fingerprint density at radius 3 is 1.22 bits per heavy atom. The molecule has 2 nitrogen and oxygen atoms in total. The van der Waals surface area contributed by atoms with E-state index in [1.165, 1.54) is 110 Å². The van der Waals surface area contributed by atoms with Crippen LogP contribution in [0.15, 0.2) is 97.1 Å². The van der Waals surface area contributed by atoms with E-state index in [1.54, 1.807) is 0 Å². The molecule has 4 aliphatic heterocycles. The summed E-state index contributed by atoms with van der Waals surface area (Å²) in [5.74, 6) is 3.91. The first-order valence-electron chi connectivity index (χ1n) is 19.6. The van der Waals surface area contributed by atoms with Crippen LogP contribution in [0.5, 0.6) is 23.0 Å². The van der Waals surface area contributed by atoms with Crippen LogP contribution in [0.1, 0.15) is 63.8 Å². The average Bonchev–Trinajstić information content (AvgIpc) is 3.12. The molecule has 0 unspecified atom stereocenters. The minimum atomic E-state index is -0.104. The average molecular weight is 694 g/mol. The van der Waals surface area contributed by atoms with Gasteiger partial charge in [-0.2, -0.15) is 0 Å². The van der Waals surface area contributed by atoms with Crippen LogP contribution in [0.25, 0.3) is 54.6 Å². The van der Waals surface area contributed by atoms with E-state index in [9.17, 15) is 0 Å². The van der Waals surface area contributed by atoms with Gasteiger partial charge in [-0.3, -0.25) is 0 Å². The molecule has 8 aromatic rings. The van der Waals surface area contributed by atoms with Crippen LogP contribution in [0.4, 0.5) is 0 Å². The summed E-state index contributed by atoms with van der Waals surface area (Å²) in [4.78, 5) is 0. The molecule has 54 heavy (non-hydrogen) atoms. The van der Waals surface area contributed by atoms with Crippen LogP contribution in [-0.4, -0.2) is 13.4 Å². The molecule has 0 aliphatic carbocycles. The molecule has 258 valence electrons. The lowest BCUT2D eigenvalue weighted by atomic mass is 9.31. The van der Waals surface area contributed by atoms with Gasteiger partial charge in [-0.1, -0.05) is 113 Å². The fourth-order valence-electron chi connectivity index (χ4n) is 10.9. The Hall–Kier alpha value is -5.47. The van der Waals surface area contributed by atoms with E-state index < -0.39 is 0 Å². The SMILES string of the molecule is Cc1cc2c3c(c1)-c1cc(C(C)(C)C)c4cc5c6c(cc(C(C)(C)C)c7cc(c1c4c76)B3c1ccccc1O2)-c1cc(C)cc2c1B5c1ccccc1O2. The Kier molecular flexibility index (Phi) is 5.61. The van der Waals surface area contributed by atoms with E-state index >= 15 is 0 Å². The summed E-state index contributed by atoms with van der Waals surface area (Å²) in [5.41, 5.74) is 18.2. The molecule has 0 saturated carbocycles. The van der Waals surface area contributed by atoms with Crippen molar-refractivity contribution in [1.82, 2.24) is 0 Å². The third kappa shape index (κ3) is 3.74. The zero-order valence-corrected chi connectivity index (χ0v) is 32.2. The third-order valence-electron chi connectivity index (χ3n) is 13.0. The van der Waals surface area contributed by atoms with Crippen LogP contribution in [0.3, 0.4) is 0 Å². The third-order valence-corrected chi connectivity index (χ3v) is 13.0. The minimum Gasteiger partial charge on any atom is -0.458 e. The van der Waals surface area contributed by atoms with E-state index in [-0.39, 0.29) is 24.3 Å². The zero-order chi connectivity index (χ0) is 36.7. The largest absolute Gasteiger partial charge is 0.458 e. The lowest BCUT2D eigenvalue weighted by Crippen LogP contribution is -2.58. The van der Waals surface area contributed by atoms with Gasteiger partial charge >= 0.3 is 0 Å². The number of benzene rings is 8. The van der Waals surface area contributed by atoms with Gasteiger partial charge in [0, 0.05) is 0 Å². The molecule has 0 radical (unpaired) electrons. The molecule has 4 heteroatoms. The van der Waals surface area contributed by atoms with Crippen molar-refractivity contribution in [2.75, 3.05) is 0 Å². The highest BCUT2D eigenvalue weighted by atomic mass is 16.5. The fourth-order valence-corrected chi connectivity index (χ4v) is 10.9. The van der Waals surface area contributed by atoms with Crippen molar-refractivity contribution in [2.24, 2.45) is 0 Å². The second-order valence-electron chi connectivity index (χ2n) is 18.6. The molecular formula is C50H40B2O2. The molecule has 0 N–H and O–H groups in total. The van der Waals surface area contributed by atoms with Gasteiger partial charge in [0.25, 0.3) is 13.4 Å². The van der Waals surface area contributed by atoms with Crippen molar-refractivity contribution in [3.05, 3.63) is 119 Å². The first-order chi connectivity index (χ1) is 25.9. The number of aryl methyl sites for hydroxylation is 2. The second-order valence-corrected chi connectivity index (χ2v) is 18.6. The topological polar surface area (TPSA) is 18.5 Å². The second kappa shape index (κ2) is 9.79. The van der Waals surface area contributed by atoms with Gasteiger partial charge in [0.2, 0.25) is 0 Å². The lowest BCUT2D eigenvalue weighted by molar-refractivity contribution is 0.487. The zero-order valence-electron chi connectivity index (χ0n) is 32.2. The maximum atomic E-state index is 6.78. The Labute approximate surface area is 317 Å². The van der Waals surface area contributed by atoms with Crippen molar-refractivity contribution < 1.29 is 9.47 Å². The van der Waals surface area contributed by atoms with Gasteiger partial charge in [-0.25, -0.2) is 0 Å². The Bertz CT molecular complexity index is 2840. The molecular weight excluding hydrogens is 654 g/mol. The van der Waals surface area contributed by atoms with Crippen molar-refractivity contribution in [1.29, 1.82) is 0 Å². The molecule has 4 aliphatic rings. The van der Waals surface area contributed by atoms with E-state index in [1.807, 2.05) is 0 Å². The number of hydrogen-bond acceptors (Lipinski definition) is 2. The highest BCUT2D eigenvalue weighted by molar-refractivity contribution is 7.01. The molecule has 0 bridgehead atoms. The van der Waals surface area contributed by atoms with Crippen molar-refractivity contribution in [3.63, 3.8) is 0 Å². The molecule has 0 amide bonds. The summed E-state index contributed by atoms with van der Waals surface area (Å²) < 4.78 is 13.6. The summed E-state index contributed by atoms with van der Waals surface area (Å²) in [6.07, 6.45) is 0. The Balaban J connectivity index is 1.36. The van der Waals surface area contributed by atoms with Gasteiger partial charge in [0.05, 0.1) is 0 Å². The van der Waals surface area contributed by atoms with Crippen LogP contribution >= 0.6 is 0 Å². The number of para-hydroxylation sites is 2. The smallest absolute Gasteiger partial charge is 0.252 e. The van der Waals surface area contributed by atoms with Crippen molar-refractivity contribution in [2.45, 2.75) is 66.2 Å². The van der Waals surface area contributed by atoms with Crippen LogP contribution in [0, 0.1) is 13.8 Å². The molecule has 8 aromatic carbocycles. The molecule has 12 rings (SSSR count). The summed E-state index contributed by atoms with van der Waals surface area (Å²) in [6.45, 7) is 18.9. The van der Waals surface area contributed by atoms with E-state index in [2.05, 4.69) is 152 Å². The molecule has 0 spiro atoms. The highest BCUT2D eigenvalue weighted by Crippen LogP contribution is 2.51. The van der Waals surface area contributed by atoms with E-state index in [0.29, 0.717) is 0 Å². The van der Waals surface area contributed by atoms with Crippen LogP contribution < -0.4 is 42.3 Å². The normalized spacial score (nSPS) is 14.5. The monoisotopic (exact) mass is 694 g/mol. The summed E-state index contributed by atoms with van der Waals surface area (Å²) in [7, 11) is 0. The minimum absolute atomic E-state index is 0.0771. The maximum absolute atomic E-state index is 6.78. The van der Waals surface area contributed by atoms with Crippen LogP contribution in [-0.2, 0) is 10.8 Å². The molecule has 4 heterocycles. The van der Waals surface area contributed by atoms with Crippen LogP contribution in [0.2, 0.25) is 0 Å². The number of fused-ring (bicyclic) bond motifs is 8. The fraction of sp³-hybridized carbons (Fsp3) is 0.200. The predicted molar refractivity (Wildman–Crippen MR) is 230 cm³/mol. The van der Waals surface area contributed by atoms with Crippen molar-refractivity contribution in [3.8, 4) is 45.3 Å². The first-order valence-corrected chi connectivity index (χ1v) is 19.6. The summed E-state index contributed by atoms with van der Waals surface area (Å²) in [5, 5.41) is 8.41. The lowest BCUT2D eigenvalue weighted by Gasteiger charge is -2.39. The highest BCUT2D eigenvalue weighted by Gasteiger charge is 2.44. The van der Waals surface area contributed by atoms with Gasteiger partial charge in [0.15, 0.2) is 0 Å². The van der Waals surface area contributed by atoms with Gasteiger partial charge in [-0.05, 0) is 160 Å². The van der Waals surface area contributed by atoms with Gasteiger partial charge < -0.3 is 9.47 Å². The molecule has 0 fully saturated rings. The van der Waals surface area contributed by atoms with Gasteiger partial charge in [0.1, 0.15) is 23.0 Å². The predicted octanol–water partition coefficient (Wildman–Crippen LogP) is 9.00. The quantitative estimate of drug-likeness (QED) is 0.117. The maximum Gasteiger partial charge on any atom is 0.252 e. The number of ether oxygens (including phenoxy) is 2. The Morgan fingerprint density at radius 2 is 0.815 bits per heavy atom. The molecule has 0 saturated heterocycles. The van der Waals surface area contributed by atoms with E-state index in [0.717, 1.165) is 23.0 Å². The Morgan fingerprint density at radius 1 is 0.407 bits per heavy atom. The summed E-state index contributed by atoms with van der Waals surface area (Å²) >= 11 is 0. The summed E-state index contributed by atoms with van der Waals surface area (Å²) in [6, 6.07) is 37.1. The molecule has 0 atom stereocenters. The first kappa shape index (κ1) is 30.9. The molecule has 0 aromatic heterocycles. The van der Waals surface area contributed by atoms with E-state index in [4.69, 9.17) is 9.47 Å². The van der Waals surface area contributed by atoms with Crippen molar-refractivity contribution >= 4 is 78.5 Å². The number of hydrogen-bond donors (Lipinski definition) is 0.